The van der Waals surface area contributed by atoms with Crippen LogP contribution in [-0.2, 0) is 0 Å². The number of halogens is 1. The average molecular weight is 288 g/mol. The second kappa shape index (κ2) is 5.51. The molecule has 0 aromatic carbocycles. The van der Waals surface area contributed by atoms with Crippen molar-refractivity contribution < 1.29 is 4.39 Å². The molecule has 1 aliphatic rings. The van der Waals surface area contributed by atoms with Gasteiger partial charge in [-0.25, -0.2) is 19.3 Å². The van der Waals surface area contributed by atoms with Crippen LogP contribution in [0, 0.1) is 5.82 Å². The summed E-state index contributed by atoms with van der Waals surface area (Å²) in [5.41, 5.74) is 5.56. The lowest BCUT2D eigenvalue weighted by Crippen LogP contribution is -2.52. The largest absolute Gasteiger partial charge is 0.382 e. The topological polar surface area (TPSA) is 71.2 Å². The van der Waals surface area contributed by atoms with Crippen molar-refractivity contribution >= 4 is 17.5 Å². The van der Waals surface area contributed by atoms with Gasteiger partial charge in [-0.1, -0.05) is 0 Å². The number of nitrogens with zero attached hydrogens (tertiary/aromatic N) is 5. The average Bonchev–Trinajstić information content (AvgIpc) is 2.49. The minimum absolute atomic E-state index is 0.253. The Bertz CT molecular complexity index is 600. The van der Waals surface area contributed by atoms with E-state index in [4.69, 9.17) is 5.73 Å². The fraction of sp³-hybridized carbons (Fsp3) is 0.357. The van der Waals surface area contributed by atoms with Gasteiger partial charge in [-0.15, -0.1) is 0 Å². The summed E-state index contributed by atoms with van der Waals surface area (Å²) in [6.45, 7) is 4.52. The molecule has 0 radical (unpaired) electrons. The van der Waals surface area contributed by atoms with Crippen LogP contribution in [0.25, 0.3) is 0 Å². The van der Waals surface area contributed by atoms with Crippen molar-refractivity contribution in [1.82, 2.24) is 15.0 Å². The zero-order valence-electron chi connectivity index (χ0n) is 11.8. The molecule has 0 saturated carbocycles. The maximum atomic E-state index is 12.9. The molecular formula is C14H17FN6. The third-order valence-corrected chi connectivity index (χ3v) is 3.62. The van der Waals surface area contributed by atoms with Gasteiger partial charge in [-0.05, 0) is 19.1 Å². The highest BCUT2D eigenvalue weighted by Gasteiger charge is 2.25. The molecule has 1 atom stereocenters. The van der Waals surface area contributed by atoms with Gasteiger partial charge in [0.2, 0.25) is 0 Å². The number of piperazine rings is 1. The molecule has 2 aromatic heterocycles. The van der Waals surface area contributed by atoms with Crippen LogP contribution in [-0.4, -0.2) is 40.6 Å². The first-order valence-electron chi connectivity index (χ1n) is 6.84. The predicted molar refractivity (Wildman–Crippen MR) is 79.7 cm³/mol. The van der Waals surface area contributed by atoms with Gasteiger partial charge in [0, 0.05) is 25.7 Å². The quantitative estimate of drug-likeness (QED) is 0.898. The highest BCUT2D eigenvalue weighted by Crippen LogP contribution is 2.21. The van der Waals surface area contributed by atoms with Crippen molar-refractivity contribution in [3.63, 3.8) is 0 Å². The molecule has 0 unspecified atom stereocenters. The Labute approximate surface area is 122 Å². The molecule has 0 amide bonds. The molecule has 7 heteroatoms. The van der Waals surface area contributed by atoms with Gasteiger partial charge >= 0.3 is 0 Å². The molecule has 1 saturated heterocycles. The number of hydrogen-bond donors (Lipinski definition) is 1. The van der Waals surface area contributed by atoms with E-state index in [1.807, 2.05) is 0 Å². The monoisotopic (exact) mass is 288 g/mol. The van der Waals surface area contributed by atoms with Crippen molar-refractivity contribution in [2.45, 2.75) is 13.0 Å². The van der Waals surface area contributed by atoms with Gasteiger partial charge in [0.15, 0.2) is 0 Å². The third kappa shape index (κ3) is 2.86. The standard InChI is InChI=1S/C14H17FN6/c1-10-9-20(13-3-2-11(15)6-18-13)4-5-21(10)14-8-17-12(16)7-19-14/h2-3,6-8,10H,4-5,9H2,1H3,(H2,16,17)/t10-/m0/s1. The molecule has 110 valence electrons. The number of anilines is 3. The zero-order valence-corrected chi connectivity index (χ0v) is 11.8. The number of rotatable bonds is 2. The summed E-state index contributed by atoms with van der Waals surface area (Å²) in [7, 11) is 0. The minimum atomic E-state index is -0.317. The van der Waals surface area contributed by atoms with Crippen LogP contribution in [0.5, 0.6) is 0 Å². The van der Waals surface area contributed by atoms with Crippen molar-refractivity contribution in [3.05, 3.63) is 36.5 Å². The Balaban J connectivity index is 1.72. The summed E-state index contributed by atoms with van der Waals surface area (Å²) in [6.07, 6.45) is 4.51. The Hall–Kier alpha value is -2.44. The third-order valence-electron chi connectivity index (χ3n) is 3.62. The zero-order chi connectivity index (χ0) is 14.8. The summed E-state index contributed by atoms with van der Waals surface area (Å²) >= 11 is 0. The van der Waals surface area contributed by atoms with Crippen molar-refractivity contribution in [1.29, 1.82) is 0 Å². The second-order valence-corrected chi connectivity index (χ2v) is 5.12. The lowest BCUT2D eigenvalue weighted by Gasteiger charge is -2.40. The number of nitrogen functional groups attached to an aromatic ring is 1. The van der Waals surface area contributed by atoms with Crippen molar-refractivity contribution in [3.8, 4) is 0 Å². The predicted octanol–water partition coefficient (Wildman–Crippen LogP) is 1.31. The van der Waals surface area contributed by atoms with Crippen LogP contribution in [0.3, 0.4) is 0 Å². The van der Waals surface area contributed by atoms with E-state index in [1.54, 1.807) is 18.5 Å². The molecule has 2 aromatic rings. The van der Waals surface area contributed by atoms with Gasteiger partial charge in [-0.3, -0.25) is 0 Å². The highest BCUT2D eigenvalue weighted by atomic mass is 19.1. The van der Waals surface area contributed by atoms with Crippen molar-refractivity contribution in [2.24, 2.45) is 0 Å². The Morgan fingerprint density at radius 2 is 1.90 bits per heavy atom. The van der Waals surface area contributed by atoms with Crippen LogP contribution in [0.4, 0.5) is 21.8 Å². The number of hydrogen-bond acceptors (Lipinski definition) is 6. The van der Waals surface area contributed by atoms with E-state index in [0.29, 0.717) is 5.82 Å². The molecule has 0 aliphatic carbocycles. The second-order valence-electron chi connectivity index (χ2n) is 5.12. The van der Waals surface area contributed by atoms with Gasteiger partial charge in [0.25, 0.3) is 0 Å². The van der Waals surface area contributed by atoms with E-state index in [1.165, 1.54) is 12.3 Å². The summed E-state index contributed by atoms with van der Waals surface area (Å²) in [5.74, 6) is 1.72. The van der Waals surface area contributed by atoms with E-state index >= 15 is 0 Å². The SMILES string of the molecule is C[C@H]1CN(c2ccc(F)cn2)CCN1c1cnc(N)cn1. The number of nitrogens with two attached hydrogens (primary N) is 1. The molecule has 0 spiro atoms. The van der Waals surface area contributed by atoms with Gasteiger partial charge in [0.05, 0.1) is 18.6 Å². The van der Waals surface area contributed by atoms with Crippen LogP contribution in [0.2, 0.25) is 0 Å². The van der Waals surface area contributed by atoms with Crippen LogP contribution < -0.4 is 15.5 Å². The highest BCUT2D eigenvalue weighted by molar-refractivity contribution is 5.46. The summed E-state index contributed by atoms with van der Waals surface area (Å²) in [4.78, 5) is 16.9. The molecule has 3 rings (SSSR count). The van der Waals surface area contributed by atoms with Crippen molar-refractivity contribution in [2.75, 3.05) is 35.2 Å². The fourth-order valence-electron chi connectivity index (χ4n) is 2.54. The van der Waals surface area contributed by atoms with Gasteiger partial charge in [0.1, 0.15) is 23.3 Å². The normalized spacial score (nSPS) is 18.9. The molecule has 0 bridgehead atoms. The maximum absolute atomic E-state index is 12.9. The summed E-state index contributed by atoms with van der Waals surface area (Å²) in [5, 5.41) is 0. The Morgan fingerprint density at radius 3 is 2.52 bits per heavy atom. The molecule has 21 heavy (non-hydrogen) atoms. The lowest BCUT2D eigenvalue weighted by atomic mass is 10.2. The minimum Gasteiger partial charge on any atom is -0.382 e. The van der Waals surface area contributed by atoms with Crippen LogP contribution in [0.15, 0.2) is 30.7 Å². The molecular weight excluding hydrogens is 271 g/mol. The summed E-state index contributed by atoms with van der Waals surface area (Å²) in [6, 6.07) is 3.40. The lowest BCUT2D eigenvalue weighted by molar-refractivity contribution is 0.540. The smallest absolute Gasteiger partial charge is 0.147 e. The van der Waals surface area contributed by atoms with Crippen LogP contribution in [0.1, 0.15) is 6.92 Å². The van der Waals surface area contributed by atoms with E-state index in [0.717, 1.165) is 31.3 Å². The van der Waals surface area contributed by atoms with E-state index in [9.17, 15) is 4.39 Å². The number of aromatic nitrogens is 3. The summed E-state index contributed by atoms with van der Waals surface area (Å²) < 4.78 is 12.9. The van der Waals surface area contributed by atoms with E-state index in [2.05, 4.69) is 31.7 Å². The van der Waals surface area contributed by atoms with E-state index in [-0.39, 0.29) is 11.9 Å². The molecule has 1 fully saturated rings. The Kier molecular flexibility index (Phi) is 3.55. The molecule has 2 N–H and O–H groups in total. The maximum Gasteiger partial charge on any atom is 0.147 e. The first-order valence-corrected chi connectivity index (χ1v) is 6.84. The Morgan fingerprint density at radius 1 is 1.10 bits per heavy atom. The number of pyridine rings is 1. The van der Waals surface area contributed by atoms with Crippen LogP contribution >= 0.6 is 0 Å². The molecule has 6 nitrogen and oxygen atoms in total. The van der Waals surface area contributed by atoms with E-state index < -0.39 is 0 Å². The van der Waals surface area contributed by atoms with Gasteiger partial charge < -0.3 is 15.5 Å². The van der Waals surface area contributed by atoms with Gasteiger partial charge in [-0.2, -0.15) is 0 Å². The molecule has 1 aliphatic heterocycles. The molecule has 3 heterocycles. The fourth-order valence-corrected chi connectivity index (χ4v) is 2.54. The first-order chi connectivity index (χ1) is 10.1. The first kappa shape index (κ1) is 13.5.